The summed E-state index contributed by atoms with van der Waals surface area (Å²) in [6, 6.07) is 13.4. The Labute approximate surface area is 172 Å². The molecule has 0 spiro atoms. The zero-order valence-corrected chi connectivity index (χ0v) is 16.3. The van der Waals surface area contributed by atoms with Crippen molar-refractivity contribution in [2.45, 2.75) is 38.1 Å². The van der Waals surface area contributed by atoms with Crippen molar-refractivity contribution < 1.29 is 13.3 Å². The van der Waals surface area contributed by atoms with Gasteiger partial charge in [0.15, 0.2) is 0 Å². The van der Waals surface area contributed by atoms with Crippen molar-refractivity contribution in [3.05, 3.63) is 66.4 Å². The molecule has 0 bridgehead atoms. The van der Waals surface area contributed by atoms with Crippen LogP contribution in [0.1, 0.15) is 38.1 Å². The van der Waals surface area contributed by atoms with Crippen molar-refractivity contribution in [1.29, 1.82) is 0 Å². The first-order valence-corrected chi connectivity index (χ1v) is 10.1. The Morgan fingerprint density at radius 1 is 0.933 bits per heavy atom. The highest BCUT2D eigenvalue weighted by Crippen LogP contribution is 2.37. The van der Waals surface area contributed by atoms with Crippen molar-refractivity contribution in [3.8, 4) is 34.1 Å². The zero-order chi connectivity index (χ0) is 20.5. The normalized spacial score (nSPS) is 14.9. The van der Waals surface area contributed by atoms with Gasteiger partial charge in [0.25, 0.3) is 5.89 Å². The Hall–Kier alpha value is -3.35. The van der Waals surface area contributed by atoms with Crippen molar-refractivity contribution in [2.24, 2.45) is 0 Å². The van der Waals surface area contributed by atoms with Gasteiger partial charge in [-0.15, -0.1) is 0 Å². The molecule has 0 aliphatic heterocycles. The van der Waals surface area contributed by atoms with E-state index in [0.29, 0.717) is 11.6 Å². The van der Waals surface area contributed by atoms with Gasteiger partial charge in [0.2, 0.25) is 5.82 Å². The van der Waals surface area contributed by atoms with Crippen molar-refractivity contribution in [2.75, 3.05) is 0 Å². The van der Waals surface area contributed by atoms with Gasteiger partial charge in [-0.3, -0.25) is 4.68 Å². The molecule has 0 saturated heterocycles. The summed E-state index contributed by atoms with van der Waals surface area (Å²) in [7, 11) is 0. The van der Waals surface area contributed by atoms with E-state index in [9.17, 15) is 8.78 Å². The first-order valence-electron chi connectivity index (χ1n) is 10.1. The molecule has 5 nitrogen and oxygen atoms in total. The lowest BCUT2D eigenvalue weighted by atomic mass is 9.95. The Bertz CT molecular complexity index is 1160. The predicted molar refractivity (Wildman–Crippen MR) is 108 cm³/mol. The number of hydrogen-bond acceptors (Lipinski definition) is 4. The number of nitrogens with zero attached hydrogens (tertiary/aromatic N) is 4. The van der Waals surface area contributed by atoms with E-state index in [0.717, 1.165) is 42.3 Å². The second kappa shape index (κ2) is 7.82. The average molecular weight is 406 g/mol. The Kier molecular flexibility index (Phi) is 4.86. The average Bonchev–Trinajstić information content (AvgIpc) is 3.44. The molecule has 2 heterocycles. The smallest absolute Gasteiger partial charge is 0.262 e. The largest absolute Gasteiger partial charge is 0.333 e. The van der Waals surface area contributed by atoms with Gasteiger partial charge in [-0.25, -0.2) is 8.78 Å². The molecule has 5 rings (SSSR count). The highest BCUT2D eigenvalue weighted by molar-refractivity contribution is 5.77. The Balaban J connectivity index is 1.61. The van der Waals surface area contributed by atoms with E-state index in [1.54, 1.807) is 6.20 Å². The maximum atomic E-state index is 14.2. The molecule has 4 aromatic rings. The topological polar surface area (TPSA) is 56.7 Å². The van der Waals surface area contributed by atoms with Crippen molar-refractivity contribution in [1.82, 2.24) is 19.9 Å². The van der Waals surface area contributed by atoms with Crippen LogP contribution in [0.2, 0.25) is 0 Å². The highest BCUT2D eigenvalue weighted by Gasteiger charge is 2.25. The van der Waals surface area contributed by atoms with Crippen LogP contribution in [-0.4, -0.2) is 19.9 Å². The Morgan fingerprint density at radius 2 is 1.73 bits per heavy atom. The quantitative estimate of drug-likeness (QED) is 0.414. The minimum absolute atomic E-state index is 0.00595. The van der Waals surface area contributed by atoms with E-state index in [2.05, 4.69) is 19.9 Å². The number of hydrogen-bond donors (Lipinski definition) is 0. The summed E-state index contributed by atoms with van der Waals surface area (Å²) in [6.07, 6.45) is 7.47. The molecule has 1 fully saturated rings. The van der Waals surface area contributed by atoms with Crippen molar-refractivity contribution >= 4 is 0 Å². The third-order valence-corrected chi connectivity index (χ3v) is 5.59. The molecule has 152 valence electrons. The minimum Gasteiger partial charge on any atom is -0.333 e. The third-order valence-electron chi connectivity index (χ3n) is 5.59. The highest BCUT2D eigenvalue weighted by atomic mass is 19.1. The van der Waals surface area contributed by atoms with E-state index in [1.165, 1.54) is 19.3 Å². The van der Waals surface area contributed by atoms with Crippen LogP contribution in [0.4, 0.5) is 8.78 Å². The van der Waals surface area contributed by atoms with Gasteiger partial charge in [-0.1, -0.05) is 54.8 Å². The van der Waals surface area contributed by atoms with Gasteiger partial charge in [-0.2, -0.15) is 10.1 Å². The first-order chi connectivity index (χ1) is 14.7. The molecule has 0 N–H and O–H groups in total. The van der Waals surface area contributed by atoms with E-state index < -0.39 is 11.6 Å². The molecule has 1 aliphatic carbocycles. The maximum Gasteiger partial charge on any atom is 0.262 e. The van der Waals surface area contributed by atoms with Gasteiger partial charge in [0, 0.05) is 5.56 Å². The molecular formula is C23H20F2N4O. The van der Waals surface area contributed by atoms with Gasteiger partial charge in [0.1, 0.15) is 11.6 Å². The van der Waals surface area contributed by atoms with Crippen molar-refractivity contribution in [3.63, 3.8) is 0 Å². The summed E-state index contributed by atoms with van der Waals surface area (Å²) < 4.78 is 35.3. The van der Waals surface area contributed by atoms with Crippen LogP contribution in [0.15, 0.2) is 59.3 Å². The molecule has 0 atom stereocenters. The number of aromatic nitrogens is 4. The van der Waals surface area contributed by atoms with Gasteiger partial charge in [-0.05, 0) is 31.0 Å². The maximum absolute atomic E-state index is 14.2. The third kappa shape index (κ3) is 3.40. The minimum atomic E-state index is -0.607. The second-order valence-electron chi connectivity index (χ2n) is 7.56. The summed E-state index contributed by atoms with van der Waals surface area (Å²) >= 11 is 0. The lowest BCUT2D eigenvalue weighted by molar-refractivity contribution is 0.332. The van der Waals surface area contributed by atoms with Crippen LogP contribution in [0.3, 0.4) is 0 Å². The molecule has 1 saturated carbocycles. The zero-order valence-electron chi connectivity index (χ0n) is 16.3. The summed E-state index contributed by atoms with van der Waals surface area (Å²) in [4.78, 5) is 4.36. The van der Waals surface area contributed by atoms with Gasteiger partial charge >= 0.3 is 0 Å². The molecular weight excluding hydrogens is 386 g/mol. The monoisotopic (exact) mass is 406 g/mol. The summed E-state index contributed by atoms with van der Waals surface area (Å²) in [6.45, 7) is 0. The van der Waals surface area contributed by atoms with Crippen LogP contribution in [0.25, 0.3) is 34.1 Å². The Morgan fingerprint density at radius 3 is 2.53 bits per heavy atom. The fraction of sp³-hybridized carbons (Fsp3) is 0.261. The number of rotatable bonds is 4. The molecule has 0 amide bonds. The van der Waals surface area contributed by atoms with Crippen LogP contribution in [-0.2, 0) is 0 Å². The van der Waals surface area contributed by atoms with E-state index >= 15 is 0 Å². The predicted octanol–water partition coefficient (Wildman–Crippen LogP) is 6.05. The molecule has 0 radical (unpaired) electrons. The van der Waals surface area contributed by atoms with Crippen LogP contribution < -0.4 is 0 Å². The molecule has 0 unspecified atom stereocenters. The summed E-state index contributed by atoms with van der Waals surface area (Å²) in [5, 5.41) is 8.55. The van der Waals surface area contributed by atoms with E-state index in [4.69, 9.17) is 4.52 Å². The van der Waals surface area contributed by atoms with Crippen LogP contribution >= 0.6 is 0 Å². The summed E-state index contributed by atoms with van der Waals surface area (Å²) in [5.41, 5.74) is 2.54. The lowest BCUT2D eigenvalue weighted by Crippen LogP contribution is -2.15. The molecule has 2 aromatic heterocycles. The number of benzene rings is 2. The molecule has 2 aromatic carbocycles. The second-order valence-corrected chi connectivity index (χ2v) is 7.56. The van der Waals surface area contributed by atoms with Crippen LogP contribution in [0.5, 0.6) is 0 Å². The standard InChI is InChI=1S/C23H20F2N4O/c24-16-11-12-20(25)18(13-16)22-27-23(30-28-22)19-14-26-29(17-9-5-2-6-10-17)21(19)15-7-3-1-4-8-15/h1,3-4,7-8,11-14,17H,2,5-6,9-10H2. The fourth-order valence-corrected chi connectivity index (χ4v) is 4.12. The molecule has 7 heteroatoms. The lowest BCUT2D eigenvalue weighted by Gasteiger charge is -2.24. The SMILES string of the molecule is Fc1ccc(F)c(-c2noc(-c3cnn(C4CCCCC4)c3-c3ccccc3)n2)c1. The van der Waals surface area contributed by atoms with E-state index in [-0.39, 0.29) is 17.3 Å². The first kappa shape index (κ1) is 18.7. The van der Waals surface area contributed by atoms with Crippen LogP contribution in [0, 0.1) is 11.6 Å². The van der Waals surface area contributed by atoms with E-state index in [1.807, 2.05) is 30.3 Å². The number of halogens is 2. The molecule has 1 aliphatic rings. The van der Waals surface area contributed by atoms with Gasteiger partial charge < -0.3 is 4.52 Å². The fourth-order valence-electron chi connectivity index (χ4n) is 4.12. The molecule has 30 heavy (non-hydrogen) atoms. The van der Waals surface area contributed by atoms with Gasteiger partial charge in [0.05, 0.1) is 29.1 Å². The summed E-state index contributed by atoms with van der Waals surface area (Å²) in [5.74, 6) is -0.932.